The molecule has 1 aromatic carbocycles. The smallest absolute Gasteiger partial charge is 0.238 e. The van der Waals surface area contributed by atoms with Crippen molar-refractivity contribution in [2.75, 3.05) is 32.0 Å². The third kappa shape index (κ3) is 4.73. The molecular formula is C14H18Cl3N3O. The van der Waals surface area contributed by atoms with Crippen LogP contribution in [0.15, 0.2) is 12.1 Å². The zero-order chi connectivity index (χ0) is 15.4. The van der Waals surface area contributed by atoms with Crippen LogP contribution in [0.25, 0.3) is 0 Å². The molecule has 0 aliphatic carbocycles. The van der Waals surface area contributed by atoms with Gasteiger partial charge in [-0.1, -0.05) is 34.8 Å². The Kier molecular flexibility index (Phi) is 6.14. The van der Waals surface area contributed by atoms with Crippen LogP contribution in [0.4, 0.5) is 5.69 Å². The van der Waals surface area contributed by atoms with Gasteiger partial charge in [-0.05, 0) is 32.0 Å². The van der Waals surface area contributed by atoms with Crippen LogP contribution in [0.2, 0.25) is 15.1 Å². The molecule has 0 unspecified atom stereocenters. The zero-order valence-electron chi connectivity index (χ0n) is 11.8. The number of nitrogens with one attached hydrogen (secondary N) is 2. The number of carbonyl (C=O) groups is 1. The number of carbonyl (C=O) groups excluding carboxylic acids is 1. The van der Waals surface area contributed by atoms with Gasteiger partial charge in [-0.15, -0.1) is 0 Å². The third-order valence-corrected chi connectivity index (χ3v) is 4.68. The average molecular weight is 351 g/mol. The molecule has 0 atom stereocenters. The van der Waals surface area contributed by atoms with Crippen LogP contribution in [0, 0.1) is 0 Å². The Bertz CT molecular complexity index is 516. The van der Waals surface area contributed by atoms with Gasteiger partial charge in [0, 0.05) is 19.1 Å². The Hall–Kier alpha value is -0.520. The minimum Gasteiger partial charge on any atom is -0.324 e. The highest BCUT2D eigenvalue weighted by Crippen LogP contribution is 2.32. The molecule has 1 aromatic rings. The number of likely N-dealkylation sites (tertiary alicyclic amines) is 1. The quantitative estimate of drug-likeness (QED) is 0.819. The lowest BCUT2D eigenvalue weighted by atomic mass is 10.1. The second-order valence-electron chi connectivity index (χ2n) is 5.13. The summed E-state index contributed by atoms with van der Waals surface area (Å²) >= 11 is 17.8. The number of hydrogen-bond donors (Lipinski definition) is 2. The highest BCUT2D eigenvalue weighted by Gasteiger charge is 2.20. The van der Waals surface area contributed by atoms with Crippen LogP contribution >= 0.6 is 34.8 Å². The SMILES string of the molecule is CNC1CCN(CC(=O)Nc2cc(Cl)c(Cl)cc2Cl)CC1. The summed E-state index contributed by atoms with van der Waals surface area (Å²) in [6, 6.07) is 3.64. The molecule has 1 saturated heterocycles. The summed E-state index contributed by atoms with van der Waals surface area (Å²) in [6.45, 7) is 2.18. The molecule has 2 N–H and O–H groups in total. The Morgan fingerprint density at radius 2 is 1.81 bits per heavy atom. The van der Waals surface area contributed by atoms with Gasteiger partial charge in [-0.25, -0.2) is 0 Å². The molecule has 1 heterocycles. The maximum atomic E-state index is 12.1. The van der Waals surface area contributed by atoms with E-state index in [0.717, 1.165) is 25.9 Å². The van der Waals surface area contributed by atoms with Crippen LogP contribution in [-0.4, -0.2) is 43.5 Å². The van der Waals surface area contributed by atoms with Gasteiger partial charge in [0.1, 0.15) is 0 Å². The summed E-state index contributed by atoms with van der Waals surface area (Å²) in [6.07, 6.45) is 2.11. The summed E-state index contributed by atoms with van der Waals surface area (Å²) < 4.78 is 0. The van der Waals surface area contributed by atoms with Gasteiger partial charge < -0.3 is 10.6 Å². The second kappa shape index (κ2) is 7.65. The molecule has 2 rings (SSSR count). The van der Waals surface area contributed by atoms with Crippen molar-refractivity contribution in [2.45, 2.75) is 18.9 Å². The van der Waals surface area contributed by atoms with Crippen LogP contribution < -0.4 is 10.6 Å². The first-order valence-corrected chi connectivity index (χ1v) is 7.97. The molecule has 116 valence electrons. The first-order chi connectivity index (χ1) is 9.99. The molecule has 1 amide bonds. The molecule has 0 saturated carbocycles. The van der Waals surface area contributed by atoms with Crippen molar-refractivity contribution in [3.63, 3.8) is 0 Å². The van der Waals surface area contributed by atoms with Crippen LogP contribution in [0.3, 0.4) is 0 Å². The highest BCUT2D eigenvalue weighted by molar-refractivity contribution is 6.44. The molecule has 1 aliphatic heterocycles. The van der Waals surface area contributed by atoms with E-state index >= 15 is 0 Å². The van der Waals surface area contributed by atoms with Crippen molar-refractivity contribution in [3.05, 3.63) is 27.2 Å². The number of piperidine rings is 1. The number of nitrogens with zero attached hydrogens (tertiary/aromatic N) is 1. The fraction of sp³-hybridized carbons (Fsp3) is 0.500. The van der Waals surface area contributed by atoms with Gasteiger partial charge in [-0.2, -0.15) is 0 Å². The van der Waals surface area contributed by atoms with E-state index in [9.17, 15) is 4.79 Å². The van der Waals surface area contributed by atoms with Crippen molar-refractivity contribution >= 4 is 46.4 Å². The maximum Gasteiger partial charge on any atom is 0.238 e. The minimum absolute atomic E-state index is 0.0989. The molecule has 0 radical (unpaired) electrons. The zero-order valence-corrected chi connectivity index (χ0v) is 14.0. The number of anilines is 1. The van der Waals surface area contributed by atoms with E-state index in [2.05, 4.69) is 15.5 Å². The van der Waals surface area contributed by atoms with Gasteiger partial charge >= 0.3 is 0 Å². The molecule has 0 spiro atoms. The first kappa shape index (κ1) is 16.8. The van der Waals surface area contributed by atoms with E-state index in [1.807, 2.05) is 7.05 Å². The molecule has 1 fully saturated rings. The lowest BCUT2D eigenvalue weighted by molar-refractivity contribution is -0.117. The highest BCUT2D eigenvalue weighted by atomic mass is 35.5. The number of amides is 1. The van der Waals surface area contributed by atoms with E-state index in [1.54, 1.807) is 6.07 Å². The van der Waals surface area contributed by atoms with Crippen molar-refractivity contribution in [1.29, 1.82) is 0 Å². The Balaban J connectivity index is 1.89. The lowest BCUT2D eigenvalue weighted by Crippen LogP contribution is -2.44. The van der Waals surface area contributed by atoms with Crippen LogP contribution in [0.5, 0.6) is 0 Å². The minimum atomic E-state index is -0.0989. The molecular weight excluding hydrogens is 333 g/mol. The van der Waals surface area contributed by atoms with Crippen molar-refractivity contribution < 1.29 is 4.79 Å². The van der Waals surface area contributed by atoms with E-state index in [4.69, 9.17) is 34.8 Å². The number of rotatable bonds is 4. The summed E-state index contributed by atoms with van der Waals surface area (Å²) in [7, 11) is 1.97. The third-order valence-electron chi connectivity index (χ3n) is 3.65. The molecule has 4 nitrogen and oxygen atoms in total. The monoisotopic (exact) mass is 349 g/mol. The topological polar surface area (TPSA) is 44.4 Å². The molecule has 0 aromatic heterocycles. The van der Waals surface area contributed by atoms with E-state index < -0.39 is 0 Å². The number of hydrogen-bond acceptors (Lipinski definition) is 3. The summed E-state index contributed by atoms with van der Waals surface area (Å²) in [4.78, 5) is 14.2. The first-order valence-electron chi connectivity index (χ1n) is 6.83. The van der Waals surface area contributed by atoms with E-state index in [1.165, 1.54) is 6.07 Å². The number of benzene rings is 1. The van der Waals surface area contributed by atoms with Gasteiger partial charge in [0.15, 0.2) is 0 Å². The standard InChI is InChI=1S/C14H18Cl3N3O/c1-18-9-2-4-20(5-3-9)8-14(21)19-13-7-11(16)10(15)6-12(13)17/h6-7,9,18H,2-5,8H2,1H3,(H,19,21). The Labute approximate surface area is 139 Å². The number of halogens is 3. The molecule has 7 heteroatoms. The molecule has 1 aliphatic rings. The summed E-state index contributed by atoms with van der Waals surface area (Å²) in [5, 5.41) is 7.16. The predicted molar refractivity (Wildman–Crippen MR) is 88.6 cm³/mol. The van der Waals surface area contributed by atoms with Crippen molar-refractivity contribution in [2.24, 2.45) is 0 Å². The average Bonchev–Trinajstić information content (AvgIpc) is 2.45. The molecule has 0 bridgehead atoms. The maximum absolute atomic E-state index is 12.1. The predicted octanol–water partition coefficient (Wildman–Crippen LogP) is 3.27. The van der Waals surface area contributed by atoms with Crippen molar-refractivity contribution in [3.8, 4) is 0 Å². The molecule has 21 heavy (non-hydrogen) atoms. The van der Waals surface area contributed by atoms with Gasteiger partial charge in [0.25, 0.3) is 0 Å². The summed E-state index contributed by atoms with van der Waals surface area (Å²) in [5.41, 5.74) is 0.487. The van der Waals surface area contributed by atoms with Gasteiger partial charge in [0.2, 0.25) is 5.91 Å². The fourth-order valence-electron chi connectivity index (χ4n) is 2.39. The van der Waals surface area contributed by atoms with Crippen LogP contribution in [-0.2, 0) is 4.79 Å². The summed E-state index contributed by atoms with van der Waals surface area (Å²) in [5.74, 6) is -0.0989. The van der Waals surface area contributed by atoms with Crippen LogP contribution in [0.1, 0.15) is 12.8 Å². The van der Waals surface area contributed by atoms with E-state index in [0.29, 0.717) is 33.3 Å². The van der Waals surface area contributed by atoms with Gasteiger partial charge in [0.05, 0.1) is 27.3 Å². The fourth-order valence-corrected chi connectivity index (χ4v) is 2.99. The Morgan fingerprint density at radius 3 is 2.43 bits per heavy atom. The second-order valence-corrected chi connectivity index (χ2v) is 6.36. The van der Waals surface area contributed by atoms with E-state index in [-0.39, 0.29) is 5.91 Å². The Morgan fingerprint density at radius 1 is 1.19 bits per heavy atom. The van der Waals surface area contributed by atoms with Gasteiger partial charge in [-0.3, -0.25) is 9.69 Å². The lowest BCUT2D eigenvalue weighted by Gasteiger charge is -2.31. The normalized spacial score (nSPS) is 17.0. The van der Waals surface area contributed by atoms with Crippen molar-refractivity contribution in [1.82, 2.24) is 10.2 Å². The largest absolute Gasteiger partial charge is 0.324 e.